The number of nitrogens with zero attached hydrogens (tertiary/aromatic N) is 5. The number of piperazine rings is 1. The molecule has 4 atom stereocenters. The number of rotatable bonds is 10. The van der Waals surface area contributed by atoms with Crippen molar-refractivity contribution in [3.63, 3.8) is 0 Å². The average Bonchev–Trinajstić information content (AvgIpc) is 3.46. The van der Waals surface area contributed by atoms with Gasteiger partial charge in [0.1, 0.15) is 5.82 Å². The van der Waals surface area contributed by atoms with Gasteiger partial charge in [-0.25, -0.2) is 9.78 Å². The average molecular weight is 616 g/mol. The van der Waals surface area contributed by atoms with Crippen LogP contribution in [0.25, 0.3) is 10.9 Å². The number of aromatic nitrogens is 2. The van der Waals surface area contributed by atoms with Gasteiger partial charge in [-0.1, -0.05) is 18.2 Å². The fraction of sp³-hybridized carbons (Fsp3) is 0.441. The minimum Gasteiger partial charge on any atom is -0.392 e. The van der Waals surface area contributed by atoms with Crippen LogP contribution in [0.4, 0.5) is 22.0 Å². The molecule has 45 heavy (non-hydrogen) atoms. The van der Waals surface area contributed by atoms with Crippen LogP contribution in [0.2, 0.25) is 0 Å². The van der Waals surface area contributed by atoms with Gasteiger partial charge >= 0.3 is 6.03 Å². The van der Waals surface area contributed by atoms with Crippen LogP contribution < -0.4 is 15.5 Å². The maximum absolute atomic E-state index is 13.3. The number of benzene rings is 1. The third-order valence-corrected chi connectivity index (χ3v) is 8.65. The summed E-state index contributed by atoms with van der Waals surface area (Å²) < 4.78 is 6.98. The van der Waals surface area contributed by atoms with Crippen LogP contribution in [0, 0.1) is 0 Å². The lowest BCUT2D eigenvalue weighted by molar-refractivity contribution is -0.112. The molecule has 5 rings (SSSR count). The maximum Gasteiger partial charge on any atom is 0.325 e. The highest BCUT2D eigenvalue weighted by Gasteiger charge is 2.33. The van der Waals surface area contributed by atoms with Crippen LogP contribution in [-0.4, -0.2) is 108 Å². The third kappa shape index (κ3) is 7.45. The molecule has 3 N–H and O–H groups in total. The lowest BCUT2D eigenvalue weighted by Crippen LogP contribution is -2.59. The van der Waals surface area contributed by atoms with Crippen molar-refractivity contribution in [2.24, 2.45) is 0 Å². The molecule has 2 aromatic heterocycles. The second kappa shape index (κ2) is 14.4. The summed E-state index contributed by atoms with van der Waals surface area (Å²) in [5, 5.41) is 16.5. The van der Waals surface area contributed by atoms with E-state index in [0.717, 1.165) is 41.8 Å². The van der Waals surface area contributed by atoms with Crippen LogP contribution in [0.5, 0.6) is 0 Å². The molecule has 3 heterocycles. The largest absolute Gasteiger partial charge is 0.392 e. The van der Waals surface area contributed by atoms with E-state index in [-0.39, 0.29) is 24.1 Å². The molecular formula is C34H45N7O4. The highest BCUT2D eigenvalue weighted by Crippen LogP contribution is 2.30. The monoisotopic (exact) mass is 615 g/mol. The molecule has 3 aromatic rings. The highest BCUT2D eigenvalue weighted by atomic mass is 16.5. The zero-order valence-electron chi connectivity index (χ0n) is 26.8. The number of nitrogens with one attached hydrogen (secondary N) is 2. The molecule has 1 aliphatic heterocycles. The summed E-state index contributed by atoms with van der Waals surface area (Å²) in [6, 6.07) is 12.3. The first-order valence-electron chi connectivity index (χ1n) is 15.6. The number of hydrogen-bond donors (Lipinski definition) is 3. The van der Waals surface area contributed by atoms with Crippen molar-refractivity contribution in [1.82, 2.24) is 24.7 Å². The van der Waals surface area contributed by atoms with E-state index in [4.69, 9.17) is 4.74 Å². The fourth-order valence-electron chi connectivity index (χ4n) is 6.41. The molecule has 11 nitrogen and oxygen atoms in total. The van der Waals surface area contributed by atoms with Gasteiger partial charge in [-0.2, -0.15) is 0 Å². The van der Waals surface area contributed by atoms with Gasteiger partial charge in [0.05, 0.1) is 18.2 Å². The molecule has 0 spiro atoms. The maximum atomic E-state index is 13.3. The number of amides is 2. The molecule has 1 saturated heterocycles. The Kier molecular flexibility index (Phi) is 10.3. The predicted molar refractivity (Wildman–Crippen MR) is 178 cm³/mol. The first-order chi connectivity index (χ1) is 21.7. The van der Waals surface area contributed by atoms with Crippen LogP contribution >= 0.6 is 0 Å². The molecule has 0 radical (unpaired) electrons. The van der Waals surface area contributed by atoms with Crippen molar-refractivity contribution < 1.29 is 19.4 Å². The summed E-state index contributed by atoms with van der Waals surface area (Å²) in [5.74, 6) is 0.262. The molecule has 4 unspecified atom stereocenters. The lowest BCUT2D eigenvalue weighted by atomic mass is 9.98. The van der Waals surface area contributed by atoms with Gasteiger partial charge in [0, 0.05) is 99.3 Å². The Morgan fingerprint density at radius 2 is 1.89 bits per heavy atom. The van der Waals surface area contributed by atoms with E-state index in [1.807, 2.05) is 55.5 Å². The van der Waals surface area contributed by atoms with E-state index in [0.29, 0.717) is 43.2 Å². The predicted octanol–water partition coefficient (Wildman–Crippen LogP) is 3.98. The minimum absolute atomic E-state index is 0.196. The van der Waals surface area contributed by atoms with Gasteiger partial charge in [0.25, 0.3) is 5.91 Å². The standard InChI is InChI=1S/C34H45N7O4/c1-23-20-38(21-24(2)41(23)22-25(3)42)28-8-6-26(7-9-28)33(43)37-32-19-30(12-14-36-32)39(16-17-45-5)29-10-11-31-27(18-29)13-15-40(31)34(44)35-4/h6-8,10-15,18-19,23-25,28,42H,9,16-17,20-22H2,1-5H3,(H,35,44)(H,36,37,43). The molecule has 1 aromatic carbocycles. The highest BCUT2D eigenvalue weighted by molar-refractivity contribution is 6.05. The number of anilines is 3. The third-order valence-electron chi connectivity index (χ3n) is 8.65. The number of pyridine rings is 1. The number of fused-ring (bicyclic) bond motifs is 1. The van der Waals surface area contributed by atoms with Gasteiger partial charge in [-0.15, -0.1) is 0 Å². The Balaban J connectivity index is 1.26. The number of carbonyl (C=O) groups excluding carboxylic acids is 2. The van der Waals surface area contributed by atoms with Gasteiger partial charge < -0.3 is 25.4 Å². The van der Waals surface area contributed by atoms with E-state index >= 15 is 0 Å². The smallest absolute Gasteiger partial charge is 0.325 e. The summed E-state index contributed by atoms with van der Waals surface area (Å²) in [5.41, 5.74) is 3.21. The molecule has 1 fully saturated rings. The number of methoxy groups -OCH3 is 1. The van der Waals surface area contributed by atoms with Crippen molar-refractivity contribution >= 4 is 40.0 Å². The van der Waals surface area contributed by atoms with Crippen molar-refractivity contribution in [1.29, 1.82) is 0 Å². The van der Waals surface area contributed by atoms with Crippen LogP contribution in [0.3, 0.4) is 0 Å². The summed E-state index contributed by atoms with van der Waals surface area (Å²) >= 11 is 0. The Hall–Kier alpha value is -4.03. The quantitative estimate of drug-likeness (QED) is 0.314. The number of aliphatic hydroxyl groups is 1. The van der Waals surface area contributed by atoms with E-state index in [1.165, 1.54) is 0 Å². The second-order valence-electron chi connectivity index (χ2n) is 12.0. The van der Waals surface area contributed by atoms with Crippen molar-refractivity contribution in [3.8, 4) is 0 Å². The minimum atomic E-state index is -0.345. The summed E-state index contributed by atoms with van der Waals surface area (Å²) in [6.45, 7) is 9.87. The summed E-state index contributed by atoms with van der Waals surface area (Å²) in [7, 11) is 3.27. The van der Waals surface area contributed by atoms with Gasteiger partial charge in [0.2, 0.25) is 0 Å². The van der Waals surface area contributed by atoms with E-state index in [1.54, 1.807) is 31.1 Å². The van der Waals surface area contributed by atoms with Gasteiger partial charge in [-0.05, 0) is 57.5 Å². The lowest BCUT2D eigenvalue weighted by Gasteiger charge is -2.47. The molecule has 11 heteroatoms. The number of ether oxygens (including phenoxy) is 1. The van der Waals surface area contributed by atoms with E-state index < -0.39 is 0 Å². The van der Waals surface area contributed by atoms with Crippen LogP contribution in [-0.2, 0) is 9.53 Å². The van der Waals surface area contributed by atoms with Gasteiger partial charge in [-0.3, -0.25) is 19.2 Å². The number of hydrogen-bond acceptors (Lipinski definition) is 8. The van der Waals surface area contributed by atoms with Crippen LogP contribution in [0.15, 0.2) is 72.6 Å². The molecule has 0 saturated carbocycles. The number of carbonyl (C=O) groups is 2. The Labute approximate surface area is 265 Å². The van der Waals surface area contributed by atoms with Crippen LogP contribution in [0.1, 0.15) is 27.2 Å². The molecule has 1 aliphatic carbocycles. The molecule has 2 aliphatic rings. The van der Waals surface area contributed by atoms with E-state index in [2.05, 4.69) is 50.2 Å². The zero-order chi connectivity index (χ0) is 32.1. The Morgan fingerprint density at radius 3 is 2.56 bits per heavy atom. The first kappa shape index (κ1) is 32.4. The number of β-amino-alcohol motifs (C(OH)–C–C–N with tert-alkyl or cyclic N) is 1. The molecule has 240 valence electrons. The van der Waals surface area contributed by atoms with E-state index in [9.17, 15) is 14.7 Å². The normalized spacial score (nSPS) is 21.4. The van der Waals surface area contributed by atoms with Crippen molar-refractivity contribution in [2.75, 3.05) is 57.2 Å². The van der Waals surface area contributed by atoms with Crippen molar-refractivity contribution in [2.45, 2.75) is 51.4 Å². The Bertz CT molecular complexity index is 1550. The SMILES string of the molecule is CNC(=O)n1ccc2cc(N(CCOC)c3ccnc(NC(=O)C4=CCC(N5CC(C)N(CC(C)O)C(C)C5)C=C4)c3)ccc21. The summed E-state index contributed by atoms with van der Waals surface area (Å²) in [6.07, 6.45) is 9.90. The second-order valence-corrected chi connectivity index (χ2v) is 12.0. The fourth-order valence-corrected chi connectivity index (χ4v) is 6.41. The molecule has 0 bridgehead atoms. The molecular weight excluding hydrogens is 570 g/mol. The first-order valence-corrected chi connectivity index (χ1v) is 15.6. The number of aliphatic hydroxyl groups excluding tert-OH is 1. The Morgan fingerprint density at radius 1 is 1.13 bits per heavy atom. The van der Waals surface area contributed by atoms with Gasteiger partial charge in [0.15, 0.2) is 0 Å². The summed E-state index contributed by atoms with van der Waals surface area (Å²) in [4.78, 5) is 36.9. The zero-order valence-corrected chi connectivity index (χ0v) is 26.8. The van der Waals surface area contributed by atoms with Crippen molar-refractivity contribution in [3.05, 3.63) is 72.6 Å². The topological polar surface area (TPSA) is 115 Å². The molecule has 2 amide bonds.